The first-order valence-electron chi connectivity index (χ1n) is 6.69. The predicted molar refractivity (Wildman–Crippen MR) is 76.4 cm³/mol. The molecular weight excluding hydrogens is 289 g/mol. The monoisotopic (exact) mass is 303 g/mol. The van der Waals surface area contributed by atoms with Crippen LogP contribution in [0.25, 0.3) is 11.4 Å². The van der Waals surface area contributed by atoms with Gasteiger partial charge in [0.05, 0.1) is 13.7 Å². The molecule has 0 saturated carbocycles. The van der Waals surface area contributed by atoms with Crippen LogP contribution in [0.3, 0.4) is 0 Å². The molecule has 0 fully saturated rings. The average molecular weight is 303 g/mol. The summed E-state index contributed by atoms with van der Waals surface area (Å²) in [6, 6.07) is 4.43. The number of fused-ring (bicyclic) bond motifs is 1. The molecule has 7 heteroatoms. The number of carbonyl (C=O) groups excluding carboxylic acids is 1. The first kappa shape index (κ1) is 14.2. The van der Waals surface area contributed by atoms with Gasteiger partial charge >= 0.3 is 0 Å². The van der Waals surface area contributed by atoms with Gasteiger partial charge < -0.3 is 14.4 Å². The zero-order chi connectivity index (χ0) is 15.7. The SMILES string of the molecule is COc1ccc(-c2ncc3c(n2)OCCN(C)C3=O)cc1F. The molecule has 0 spiro atoms. The van der Waals surface area contributed by atoms with Crippen LogP contribution in [0.2, 0.25) is 0 Å². The van der Waals surface area contributed by atoms with Gasteiger partial charge in [-0.05, 0) is 18.2 Å². The molecular formula is C15H14FN3O3. The van der Waals surface area contributed by atoms with Crippen molar-refractivity contribution >= 4 is 5.91 Å². The van der Waals surface area contributed by atoms with Crippen molar-refractivity contribution in [2.75, 3.05) is 27.3 Å². The summed E-state index contributed by atoms with van der Waals surface area (Å²) in [7, 11) is 3.08. The number of benzene rings is 1. The highest BCUT2D eigenvalue weighted by Gasteiger charge is 2.23. The molecule has 1 amide bonds. The molecule has 0 radical (unpaired) electrons. The molecule has 0 saturated heterocycles. The summed E-state index contributed by atoms with van der Waals surface area (Å²) in [6.45, 7) is 0.824. The third-order valence-corrected chi connectivity index (χ3v) is 3.41. The number of ether oxygens (including phenoxy) is 2. The van der Waals surface area contributed by atoms with Gasteiger partial charge in [0, 0.05) is 18.8 Å². The standard InChI is InChI=1S/C15H14FN3O3/c1-19-5-6-22-14-10(15(19)20)8-17-13(18-14)9-3-4-12(21-2)11(16)7-9/h3-4,7-8H,5-6H2,1-2H3. The molecule has 6 nitrogen and oxygen atoms in total. The number of rotatable bonds is 2. The first-order valence-corrected chi connectivity index (χ1v) is 6.69. The van der Waals surface area contributed by atoms with E-state index in [2.05, 4.69) is 9.97 Å². The maximum absolute atomic E-state index is 13.8. The fraction of sp³-hybridized carbons (Fsp3) is 0.267. The molecule has 2 aromatic rings. The molecule has 0 aliphatic carbocycles. The van der Waals surface area contributed by atoms with Crippen LogP contribution in [-0.4, -0.2) is 48.1 Å². The van der Waals surface area contributed by atoms with Crippen molar-refractivity contribution in [3.8, 4) is 23.0 Å². The molecule has 2 heterocycles. The summed E-state index contributed by atoms with van der Waals surface area (Å²) in [5.41, 5.74) is 0.785. The smallest absolute Gasteiger partial charge is 0.260 e. The Morgan fingerprint density at radius 1 is 1.41 bits per heavy atom. The Hall–Kier alpha value is -2.70. The van der Waals surface area contributed by atoms with Gasteiger partial charge in [-0.25, -0.2) is 9.37 Å². The van der Waals surface area contributed by atoms with E-state index >= 15 is 0 Å². The molecule has 3 rings (SSSR count). The molecule has 0 bridgehead atoms. The second-order valence-corrected chi connectivity index (χ2v) is 4.84. The number of amides is 1. The van der Waals surface area contributed by atoms with Crippen molar-refractivity contribution in [2.45, 2.75) is 0 Å². The summed E-state index contributed by atoms with van der Waals surface area (Å²) in [6.07, 6.45) is 1.41. The maximum atomic E-state index is 13.8. The fourth-order valence-corrected chi connectivity index (χ4v) is 2.15. The Labute approximate surface area is 126 Å². The minimum Gasteiger partial charge on any atom is -0.494 e. The molecule has 0 atom stereocenters. The van der Waals surface area contributed by atoms with Gasteiger partial charge in [-0.2, -0.15) is 4.98 Å². The van der Waals surface area contributed by atoms with E-state index in [0.29, 0.717) is 24.3 Å². The molecule has 1 aromatic carbocycles. The minimum atomic E-state index is -0.504. The Morgan fingerprint density at radius 3 is 2.95 bits per heavy atom. The van der Waals surface area contributed by atoms with E-state index in [4.69, 9.17) is 9.47 Å². The molecule has 114 valence electrons. The number of likely N-dealkylation sites (N-methyl/N-ethyl adjacent to an activating group) is 1. The van der Waals surface area contributed by atoms with Gasteiger partial charge in [0.15, 0.2) is 17.4 Å². The summed E-state index contributed by atoms with van der Waals surface area (Å²) < 4.78 is 24.2. The molecule has 1 aliphatic heterocycles. The highest BCUT2D eigenvalue weighted by Crippen LogP contribution is 2.26. The Balaban J connectivity index is 2.02. The van der Waals surface area contributed by atoms with Gasteiger partial charge in [-0.3, -0.25) is 4.79 Å². The summed E-state index contributed by atoms with van der Waals surface area (Å²) in [5, 5.41) is 0. The normalized spacial score (nSPS) is 14.1. The molecule has 0 unspecified atom stereocenters. The fourth-order valence-electron chi connectivity index (χ4n) is 2.15. The lowest BCUT2D eigenvalue weighted by Crippen LogP contribution is -2.27. The van der Waals surface area contributed by atoms with Crippen LogP contribution < -0.4 is 9.47 Å². The number of hydrogen-bond donors (Lipinski definition) is 0. The second-order valence-electron chi connectivity index (χ2n) is 4.84. The van der Waals surface area contributed by atoms with Crippen LogP contribution >= 0.6 is 0 Å². The number of hydrogen-bond acceptors (Lipinski definition) is 5. The van der Waals surface area contributed by atoms with Crippen molar-refractivity contribution in [2.24, 2.45) is 0 Å². The average Bonchev–Trinajstić information content (AvgIpc) is 2.66. The summed E-state index contributed by atoms with van der Waals surface area (Å²) >= 11 is 0. The van der Waals surface area contributed by atoms with Crippen LogP contribution in [0.15, 0.2) is 24.4 Å². The number of halogens is 1. The minimum absolute atomic E-state index is 0.145. The second kappa shape index (κ2) is 5.59. The van der Waals surface area contributed by atoms with Gasteiger partial charge in [0.25, 0.3) is 5.91 Å². The van der Waals surface area contributed by atoms with E-state index in [1.807, 2.05) is 0 Å². The van der Waals surface area contributed by atoms with E-state index in [1.54, 1.807) is 18.0 Å². The van der Waals surface area contributed by atoms with Crippen molar-refractivity contribution in [1.29, 1.82) is 0 Å². The summed E-state index contributed by atoms with van der Waals surface area (Å²) in [4.78, 5) is 22.0. The molecule has 22 heavy (non-hydrogen) atoms. The number of carbonyl (C=O) groups is 1. The topological polar surface area (TPSA) is 64.6 Å². The van der Waals surface area contributed by atoms with Crippen LogP contribution in [0, 0.1) is 5.82 Å². The lowest BCUT2D eigenvalue weighted by Gasteiger charge is -2.11. The van der Waals surface area contributed by atoms with Crippen molar-refractivity contribution < 1.29 is 18.7 Å². The lowest BCUT2D eigenvalue weighted by atomic mass is 10.2. The molecule has 1 aliphatic rings. The van der Waals surface area contributed by atoms with Crippen LogP contribution in [0.5, 0.6) is 11.6 Å². The Morgan fingerprint density at radius 2 is 2.23 bits per heavy atom. The Kier molecular flexibility index (Phi) is 3.62. The molecule has 0 N–H and O–H groups in total. The third kappa shape index (κ3) is 2.45. The van der Waals surface area contributed by atoms with Gasteiger partial charge in [0.1, 0.15) is 12.2 Å². The number of methoxy groups -OCH3 is 1. The maximum Gasteiger partial charge on any atom is 0.260 e. The quantitative estimate of drug-likeness (QED) is 0.846. The zero-order valence-corrected chi connectivity index (χ0v) is 12.2. The number of aromatic nitrogens is 2. The third-order valence-electron chi connectivity index (χ3n) is 3.41. The van der Waals surface area contributed by atoms with Gasteiger partial charge in [-0.15, -0.1) is 0 Å². The van der Waals surface area contributed by atoms with Crippen LogP contribution in [-0.2, 0) is 0 Å². The largest absolute Gasteiger partial charge is 0.494 e. The highest BCUT2D eigenvalue weighted by molar-refractivity contribution is 5.96. The van der Waals surface area contributed by atoms with Gasteiger partial charge in [0.2, 0.25) is 5.88 Å². The van der Waals surface area contributed by atoms with Crippen molar-refractivity contribution in [1.82, 2.24) is 14.9 Å². The van der Waals surface area contributed by atoms with Crippen molar-refractivity contribution in [3.05, 3.63) is 35.8 Å². The van der Waals surface area contributed by atoms with E-state index in [1.165, 1.54) is 25.4 Å². The van der Waals surface area contributed by atoms with Crippen LogP contribution in [0.1, 0.15) is 10.4 Å². The first-order chi connectivity index (χ1) is 10.6. The predicted octanol–water partition coefficient (Wildman–Crippen LogP) is 1.76. The lowest BCUT2D eigenvalue weighted by molar-refractivity contribution is 0.0796. The Bertz CT molecular complexity index is 736. The van der Waals surface area contributed by atoms with Crippen molar-refractivity contribution in [3.63, 3.8) is 0 Å². The van der Waals surface area contributed by atoms with Gasteiger partial charge in [-0.1, -0.05) is 0 Å². The van der Waals surface area contributed by atoms with E-state index < -0.39 is 5.82 Å². The highest BCUT2D eigenvalue weighted by atomic mass is 19.1. The summed E-state index contributed by atoms with van der Waals surface area (Å²) in [5.74, 6) is -0.0463. The zero-order valence-electron chi connectivity index (χ0n) is 12.2. The number of nitrogens with zero attached hydrogens (tertiary/aromatic N) is 3. The van der Waals surface area contributed by atoms with E-state index in [9.17, 15) is 9.18 Å². The van der Waals surface area contributed by atoms with E-state index in [-0.39, 0.29) is 23.4 Å². The molecule has 1 aromatic heterocycles. The van der Waals surface area contributed by atoms with Crippen LogP contribution in [0.4, 0.5) is 4.39 Å². The van der Waals surface area contributed by atoms with E-state index in [0.717, 1.165) is 0 Å².